The second-order valence-electron chi connectivity index (χ2n) is 6.50. The van der Waals surface area contributed by atoms with Crippen LogP contribution in [0.1, 0.15) is 47.7 Å². The maximum atomic E-state index is 12.5. The van der Waals surface area contributed by atoms with Crippen molar-refractivity contribution < 1.29 is 14.3 Å². The lowest BCUT2D eigenvalue weighted by atomic mass is 9.98. The zero-order chi connectivity index (χ0) is 18.5. The summed E-state index contributed by atoms with van der Waals surface area (Å²) < 4.78 is 5.22. The van der Waals surface area contributed by atoms with Crippen molar-refractivity contribution in [3.05, 3.63) is 71.4 Å². The highest BCUT2D eigenvalue weighted by Crippen LogP contribution is 2.23. The zero-order valence-corrected chi connectivity index (χ0v) is 15.1. The largest absolute Gasteiger partial charge is 0.457 e. The van der Waals surface area contributed by atoms with Crippen LogP contribution in [0.2, 0.25) is 0 Å². The number of hydrogen-bond acceptors (Lipinski definition) is 3. The summed E-state index contributed by atoms with van der Waals surface area (Å²) in [7, 11) is 0. The first-order chi connectivity index (χ1) is 12.6. The number of Topliss-reactive ketones (excluding diaryl/α,β-unsaturated/α-hetero) is 1. The Morgan fingerprint density at radius 3 is 2.58 bits per heavy atom. The predicted molar refractivity (Wildman–Crippen MR) is 102 cm³/mol. The van der Waals surface area contributed by atoms with Crippen molar-refractivity contribution in [2.45, 2.75) is 32.6 Å². The summed E-state index contributed by atoms with van der Waals surface area (Å²) in [5.74, 6) is -0.493. The fourth-order valence-corrected chi connectivity index (χ4v) is 3.17. The molecule has 1 heterocycles. The molecule has 0 unspecified atom stereocenters. The Hall–Kier alpha value is -2.88. The number of ketones is 1. The molecule has 0 radical (unpaired) electrons. The first-order valence-electron chi connectivity index (χ1n) is 8.93. The van der Waals surface area contributed by atoms with Crippen molar-refractivity contribution in [1.29, 1.82) is 0 Å². The van der Waals surface area contributed by atoms with Crippen molar-refractivity contribution in [2.24, 2.45) is 0 Å². The van der Waals surface area contributed by atoms with Crippen molar-refractivity contribution in [2.75, 3.05) is 6.61 Å². The molecule has 1 atom stereocenters. The van der Waals surface area contributed by atoms with Gasteiger partial charge >= 0.3 is 5.97 Å². The minimum absolute atomic E-state index is 0.0546. The summed E-state index contributed by atoms with van der Waals surface area (Å²) in [5, 5.41) is 0.878. The normalized spacial score (nSPS) is 12.1. The van der Waals surface area contributed by atoms with Gasteiger partial charge in [0, 0.05) is 22.7 Å². The molecular formula is C22H23NO3. The monoisotopic (exact) mass is 349 g/mol. The summed E-state index contributed by atoms with van der Waals surface area (Å²) in [4.78, 5) is 27.7. The summed E-state index contributed by atoms with van der Waals surface area (Å²) in [5.41, 5.74) is 3.79. The van der Waals surface area contributed by atoms with Crippen LogP contribution in [0.4, 0.5) is 0 Å². The van der Waals surface area contributed by atoms with E-state index in [1.165, 1.54) is 0 Å². The fraction of sp³-hybridized carbons (Fsp3) is 0.273. The molecule has 0 fully saturated rings. The lowest BCUT2D eigenvalue weighted by molar-refractivity contribution is -0.142. The smallest absolute Gasteiger partial charge is 0.306 e. The SMILES string of the molecule is CCc1cccc2c(C(=O)COC(=O)C[C@H](C)c3ccccc3)c[nH]c12. The molecule has 134 valence electrons. The van der Waals surface area contributed by atoms with Gasteiger partial charge in [0.2, 0.25) is 5.78 Å². The quantitative estimate of drug-likeness (QED) is 0.499. The van der Waals surface area contributed by atoms with Crippen molar-refractivity contribution in [3.8, 4) is 0 Å². The van der Waals surface area contributed by atoms with Crippen molar-refractivity contribution in [3.63, 3.8) is 0 Å². The Morgan fingerprint density at radius 2 is 1.85 bits per heavy atom. The number of fused-ring (bicyclic) bond motifs is 1. The van der Waals surface area contributed by atoms with E-state index in [4.69, 9.17) is 4.74 Å². The van der Waals surface area contributed by atoms with Gasteiger partial charge in [-0.2, -0.15) is 0 Å². The number of benzene rings is 2. The van der Waals surface area contributed by atoms with Gasteiger partial charge in [0.1, 0.15) is 0 Å². The molecule has 26 heavy (non-hydrogen) atoms. The van der Waals surface area contributed by atoms with E-state index in [9.17, 15) is 9.59 Å². The van der Waals surface area contributed by atoms with Crippen molar-refractivity contribution >= 4 is 22.7 Å². The molecule has 1 N–H and O–H groups in total. The molecule has 2 aromatic carbocycles. The third-order valence-corrected chi connectivity index (χ3v) is 4.69. The number of rotatable bonds is 7. The third kappa shape index (κ3) is 3.85. The van der Waals surface area contributed by atoms with Crippen LogP contribution in [0.5, 0.6) is 0 Å². The molecule has 3 rings (SSSR count). The first-order valence-corrected chi connectivity index (χ1v) is 8.93. The standard InChI is InChI=1S/C22H23NO3/c1-3-16-10-7-11-18-19(13-23-22(16)18)20(24)14-26-21(25)12-15(2)17-8-5-4-6-9-17/h4-11,13,15,23H,3,12,14H2,1-2H3/t15-/m0/s1. The molecule has 0 aliphatic heterocycles. The van der Waals surface area contributed by atoms with Gasteiger partial charge in [-0.15, -0.1) is 0 Å². The van der Waals surface area contributed by atoms with Gasteiger partial charge in [0.05, 0.1) is 6.42 Å². The number of hydrogen-bond donors (Lipinski definition) is 1. The zero-order valence-electron chi connectivity index (χ0n) is 15.1. The number of carbonyl (C=O) groups excluding carboxylic acids is 2. The lowest BCUT2D eigenvalue weighted by Crippen LogP contribution is -2.15. The second kappa shape index (κ2) is 8.00. The number of nitrogens with one attached hydrogen (secondary N) is 1. The number of ether oxygens (including phenoxy) is 1. The van der Waals surface area contributed by atoms with Crippen LogP contribution in [-0.2, 0) is 16.0 Å². The van der Waals surface area contributed by atoms with E-state index >= 15 is 0 Å². The molecule has 0 aliphatic carbocycles. The number of aromatic amines is 1. The molecule has 4 nitrogen and oxygen atoms in total. The van der Waals surface area contributed by atoms with Gasteiger partial charge in [0.15, 0.2) is 6.61 Å². The highest BCUT2D eigenvalue weighted by molar-refractivity contribution is 6.09. The van der Waals surface area contributed by atoms with Crippen LogP contribution in [0.3, 0.4) is 0 Å². The molecule has 0 amide bonds. The summed E-state index contributed by atoms with van der Waals surface area (Å²) in [6, 6.07) is 15.7. The maximum Gasteiger partial charge on any atom is 0.306 e. The summed E-state index contributed by atoms with van der Waals surface area (Å²) in [6.07, 6.45) is 2.84. The number of carbonyl (C=O) groups is 2. The van der Waals surface area contributed by atoms with Crippen LogP contribution < -0.4 is 0 Å². The molecular weight excluding hydrogens is 326 g/mol. The van der Waals surface area contributed by atoms with E-state index in [0.29, 0.717) is 5.56 Å². The van der Waals surface area contributed by atoms with Crippen LogP contribution in [0, 0.1) is 0 Å². The van der Waals surface area contributed by atoms with Gasteiger partial charge in [0.25, 0.3) is 0 Å². The summed E-state index contributed by atoms with van der Waals surface area (Å²) in [6.45, 7) is 3.82. The molecule has 1 aromatic heterocycles. The maximum absolute atomic E-state index is 12.5. The average Bonchev–Trinajstić information content (AvgIpc) is 3.11. The average molecular weight is 349 g/mol. The Bertz CT molecular complexity index is 912. The van der Waals surface area contributed by atoms with E-state index in [1.807, 2.05) is 55.5 Å². The van der Waals surface area contributed by atoms with Crippen LogP contribution >= 0.6 is 0 Å². The fourth-order valence-electron chi connectivity index (χ4n) is 3.17. The van der Waals surface area contributed by atoms with E-state index < -0.39 is 0 Å². The van der Waals surface area contributed by atoms with Crippen molar-refractivity contribution in [1.82, 2.24) is 4.98 Å². The topological polar surface area (TPSA) is 59.2 Å². The molecule has 0 saturated carbocycles. The minimum Gasteiger partial charge on any atom is -0.457 e. The predicted octanol–water partition coefficient (Wildman–Crippen LogP) is 4.65. The lowest BCUT2D eigenvalue weighted by Gasteiger charge is -2.11. The Labute approximate surface area is 153 Å². The number of H-pyrrole nitrogens is 1. The van der Waals surface area contributed by atoms with Crippen LogP contribution in [0.25, 0.3) is 10.9 Å². The van der Waals surface area contributed by atoms with E-state index in [1.54, 1.807) is 6.20 Å². The second-order valence-corrected chi connectivity index (χ2v) is 6.50. The highest BCUT2D eigenvalue weighted by Gasteiger charge is 2.17. The first kappa shape index (κ1) is 17.9. The number of para-hydroxylation sites is 1. The Morgan fingerprint density at radius 1 is 1.08 bits per heavy atom. The van der Waals surface area contributed by atoms with Gasteiger partial charge in [-0.25, -0.2) is 0 Å². The highest BCUT2D eigenvalue weighted by atomic mass is 16.5. The van der Waals surface area contributed by atoms with Crippen LogP contribution in [0.15, 0.2) is 54.7 Å². The number of aryl methyl sites for hydroxylation is 1. The Balaban J connectivity index is 1.61. The third-order valence-electron chi connectivity index (χ3n) is 4.69. The van der Waals surface area contributed by atoms with Gasteiger partial charge < -0.3 is 9.72 Å². The molecule has 0 saturated heterocycles. The van der Waals surface area contributed by atoms with Gasteiger partial charge in [-0.05, 0) is 23.5 Å². The minimum atomic E-state index is -0.358. The van der Waals surface area contributed by atoms with E-state index in [0.717, 1.165) is 28.5 Å². The van der Waals surface area contributed by atoms with E-state index in [-0.39, 0.29) is 30.7 Å². The number of esters is 1. The van der Waals surface area contributed by atoms with E-state index in [2.05, 4.69) is 11.9 Å². The van der Waals surface area contributed by atoms with Gasteiger partial charge in [-0.3, -0.25) is 9.59 Å². The Kier molecular flexibility index (Phi) is 5.52. The molecule has 0 spiro atoms. The summed E-state index contributed by atoms with van der Waals surface area (Å²) >= 11 is 0. The number of aromatic nitrogens is 1. The van der Waals surface area contributed by atoms with Gasteiger partial charge in [-0.1, -0.05) is 62.4 Å². The molecule has 4 heteroatoms. The van der Waals surface area contributed by atoms with Crippen LogP contribution in [-0.4, -0.2) is 23.3 Å². The molecule has 0 aliphatic rings. The molecule has 0 bridgehead atoms. The molecule has 3 aromatic rings.